The van der Waals surface area contributed by atoms with Crippen LogP contribution < -0.4 is 11.1 Å². The average Bonchev–Trinajstić information content (AvgIpc) is 2.92. The second kappa shape index (κ2) is 6.48. The molecule has 2 rings (SSSR count). The first-order chi connectivity index (χ1) is 9.22. The number of nitrogens with two attached hydrogens (primary N) is 1. The van der Waals surface area contributed by atoms with Crippen LogP contribution in [0.3, 0.4) is 0 Å². The van der Waals surface area contributed by atoms with Crippen LogP contribution in [0.2, 0.25) is 0 Å². The van der Waals surface area contributed by atoms with Gasteiger partial charge in [-0.15, -0.1) is 0 Å². The van der Waals surface area contributed by atoms with Crippen molar-refractivity contribution in [2.24, 2.45) is 5.73 Å². The molecule has 1 aliphatic carbocycles. The molecule has 19 heavy (non-hydrogen) atoms. The zero-order chi connectivity index (χ0) is 13.7. The average molecular weight is 261 g/mol. The van der Waals surface area contributed by atoms with E-state index in [0.717, 1.165) is 5.56 Å². The molecule has 102 valence electrons. The molecule has 0 amide bonds. The summed E-state index contributed by atoms with van der Waals surface area (Å²) in [5.74, 6) is -0.313. The quantitative estimate of drug-likeness (QED) is 0.714. The van der Waals surface area contributed by atoms with Gasteiger partial charge in [-0.2, -0.15) is 0 Å². The van der Waals surface area contributed by atoms with Gasteiger partial charge in [0.2, 0.25) is 0 Å². The molecule has 1 aliphatic rings. The van der Waals surface area contributed by atoms with E-state index in [4.69, 9.17) is 11.1 Å². The van der Waals surface area contributed by atoms with Gasteiger partial charge in [-0.05, 0) is 42.2 Å². The van der Waals surface area contributed by atoms with Crippen LogP contribution in [-0.2, 0) is 6.54 Å². The molecular formula is C15H20FN3. The van der Waals surface area contributed by atoms with Crippen molar-refractivity contribution in [3.8, 4) is 0 Å². The van der Waals surface area contributed by atoms with Gasteiger partial charge in [0.05, 0.1) is 0 Å². The first-order valence-electron chi connectivity index (χ1n) is 6.69. The molecule has 0 radical (unpaired) electrons. The Bertz CT molecular complexity index is 476. The number of halogens is 1. The normalized spacial score (nSPS) is 16.6. The largest absolute Gasteiger partial charge is 0.388 e. The number of nitrogens with one attached hydrogen (secondary N) is 2. The molecule has 0 bridgehead atoms. The van der Waals surface area contributed by atoms with Crippen LogP contribution in [0.1, 0.15) is 36.8 Å². The fraction of sp³-hybridized carbons (Fsp3) is 0.400. The predicted molar refractivity (Wildman–Crippen MR) is 76.4 cm³/mol. The van der Waals surface area contributed by atoms with E-state index < -0.39 is 0 Å². The van der Waals surface area contributed by atoms with Crippen LogP contribution in [0.15, 0.2) is 24.4 Å². The summed E-state index contributed by atoms with van der Waals surface area (Å²) in [5, 5.41) is 10.8. The van der Waals surface area contributed by atoms with E-state index in [2.05, 4.69) is 5.32 Å². The second-order valence-electron chi connectivity index (χ2n) is 4.94. The van der Waals surface area contributed by atoms with E-state index in [1.807, 2.05) is 12.3 Å². The lowest BCUT2D eigenvalue weighted by Crippen LogP contribution is -2.20. The molecule has 4 heteroatoms. The third-order valence-corrected chi connectivity index (χ3v) is 3.51. The Morgan fingerprint density at radius 1 is 1.37 bits per heavy atom. The highest BCUT2D eigenvalue weighted by Gasteiger charge is 2.13. The summed E-state index contributed by atoms with van der Waals surface area (Å²) in [5.41, 5.74) is 7.66. The predicted octanol–water partition coefficient (Wildman–Crippen LogP) is 2.81. The van der Waals surface area contributed by atoms with Crippen molar-refractivity contribution in [2.45, 2.75) is 38.3 Å². The molecule has 4 N–H and O–H groups in total. The first kappa shape index (κ1) is 13.7. The van der Waals surface area contributed by atoms with Crippen LogP contribution in [0.5, 0.6) is 0 Å². The number of hydrogen-bond donors (Lipinski definition) is 3. The monoisotopic (exact) mass is 261 g/mol. The smallest absolute Gasteiger partial charge is 0.124 e. The Labute approximate surface area is 113 Å². The van der Waals surface area contributed by atoms with Crippen molar-refractivity contribution >= 4 is 11.8 Å². The van der Waals surface area contributed by atoms with E-state index in [1.54, 1.807) is 0 Å². The van der Waals surface area contributed by atoms with Crippen molar-refractivity contribution in [1.82, 2.24) is 5.32 Å². The van der Waals surface area contributed by atoms with Gasteiger partial charge >= 0.3 is 0 Å². The van der Waals surface area contributed by atoms with Crippen LogP contribution in [0, 0.1) is 11.2 Å². The van der Waals surface area contributed by atoms with E-state index in [1.165, 1.54) is 44.0 Å². The van der Waals surface area contributed by atoms with Crippen molar-refractivity contribution in [3.63, 3.8) is 0 Å². The lowest BCUT2D eigenvalue weighted by atomic mass is 10.0. The standard InChI is InChI=1S/C15H20FN3/c16-14-6-11(8-17)5-12(7-14)13(9-18)10-19-15-3-1-2-4-15/h5-7,9-10,15,18-19H,1-4,8,17H2/b13-10+,18-9?. The Balaban J connectivity index is 2.17. The lowest BCUT2D eigenvalue weighted by Gasteiger charge is -2.11. The molecule has 0 spiro atoms. The summed E-state index contributed by atoms with van der Waals surface area (Å²) in [7, 11) is 0. The molecule has 1 fully saturated rings. The summed E-state index contributed by atoms with van der Waals surface area (Å²) in [6, 6.07) is 5.18. The van der Waals surface area contributed by atoms with Gasteiger partial charge in [0.25, 0.3) is 0 Å². The summed E-state index contributed by atoms with van der Waals surface area (Å²) in [4.78, 5) is 0. The maximum Gasteiger partial charge on any atom is 0.124 e. The maximum absolute atomic E-state index is 13.5. The molecule has 0 aromatic heterocycles. The van der Waals surface area contributed by atoms with Crippen molar-refractivity contribution < 1.29 is 4.39 Å². The van der Waals surface area contributed by atoms with E-state index >= 15 is 0 Å². The van der Waals surface area contributed by atoms with Gasteiger partial charge in [0, 0.05) is 30.6 Å². The summed E-state index contributed by atoms with van der Waals surface area (Å²) in [6.45, 7) is 0.298. The summed E-state index contributed by atoms with van der Waals surface area (Å²) >= 11 is 0. The van der Waals surface area contributed by atoms with E-state index in [0.29, 0.717) is 23.7 Å². The molecule has 1 aromatic carbocycles. The van der Waals surface area contributed by atoms with Gasteiger partial charge in [-0.25, -0.2) is 4.39 Å². The molecule has 1 aromatic rings. The van der Waals surface area contributed by atoms with Crippen LogP contribution in [0.25, 0.3) is 5.57 Å². The zero-order valence-corrected chi connectivity index (χ0v) is 11.0. The van der Waals surface area contributed by atoms with Crippen LogP contribution in [-0.4, -0.2) is 12.3 Å². The van der Waals surface area contributed by atoms with E-state index in [-0.39, 0.29) is 5.82 Å². The number of hydrogen-bond acceptors (Lipinski definition) is 3. The Morgan fingerprint density at radius 3 is 2.74 bits per heavy atom. The zero-order valence-electron chi connectivity index (χ0n) is 11.0. The minimum absolute atomic E-state index is 0.298. The molecule has 3 nitrogen and oxygen atoms in total. The Morgan fingerprint density at radius 2 is 2.11 bits per heavy atom. The minimum Gasteiger partial charge on any atom is -0.388 e. The molecular weight excluding hydrogens is 241 g/mol. The third-order valence-electron chi connectivity index (χ3n) is 3.51. The van der Waals surface area contributed by atoms with Gasteiger partial charge < -0.3 is 16.5 Å². The molecule has 0 unspecified atom stereocenters. The SMILES string of the molecule is N=C/C(=C\NC1CCCC1)c1cc(F)cc(CN)c1. The third kappa shape index (κ3) is 3.64. The summed E-state index contributed by atoms with van der Waals surface area (Å²) in [6.07, 6.45) is 7.90. The van der Waals surface area contributed by atoms with Crippen molar-refractivity contribution in [2.75, 3.05) is 0 Å². The Kier molecular flexibility index (Phi) is 4.68. The molecule has 0 heterocycles. The number of rotatable bonds is 5. The first-order valence-corrected chi connectivity index (χ1v) is 6.69. The number of benzene rings is 1. The van der Waals surface area contributed by atoms with Gasteiger partial charge in [-0.1, -0.05) is 12.8 Å². The lowest BCUT2D eigenvalue weighted by molar-refractivity contribution is 0.608. The van der Waals surface area contributed by atoms with Gasteiger partial charge in [-0.3, -0.25) is 0 Å². The van der Waals surface area contributed by atoms with Crippen LogP contribution >= 0.6 is 0 Å². The van der Waals surface area contributed by atoms with Crippen molar-refractivity contribution in [1.29, 1.82) is 5.41 Å². The minimum atomic E-state index is -0.313. The van der Waals surface area contributed by atoms with Crippen molar-refractivity contribution in [3.05, 3.63) is 41.3 Å². The highest BCUT2D eigenvalue weighted by atomic mass is 19.1. The number of allylic oxidation sites excluding steroid dienone is 1. The second-order valence-corrected chi connectivity index (χ2v) is 4.94. The maximum atomic E-state index is 13.5. The Hall–Kier alpha value is -1.68. The van der Waals surface area contributed by atoms with Gasteiger partial charge in [0.15, 0.2) is 0 Å². The van der Waals surface area contributed by atoms with E-state index in [9.17, 15) is 4.39 Å². The molecule has 1 saturated carbocycles. The fourth-order valence-electron chi connectivity index (χ4n) is 2.44. The molecule has 0 saturated heterocycles. The fourth-order valence-corrected chi connectivity index (χ4v) is 2.44. The van der Waals surface area contributed by atoms with Gasteiger partial charge in [0.1, 0.15) is 5.82 Å². The topological polar surface area (TPSA) is 61.9 Å². The molecule has 0 aliphatic heterocycles. The molecule has 0 atom stereocenters. The summed E-state index contributed by atoms with van der Waals surface area (Å²) < 4.78 is 13.5. The van der Waals surface area contributed by atoms with Crippen LogP contribution in [0.4, 0.5) is 4.39 Å². The highest BCUT2D eigenvalue weighted by molar-refractivity contribution is 6.08. The highest BCUT2D eigenvalue weighted by Crippen LogP contribution is 2.19.